The second-order valence-corrected chi connectivity index (χ2v) is 3.90. The van der Waals surface area contributed by atoms with Crippen molar-refractivity contribution >= 4 is 12.4 Å². The number of hydrogen-bond acceptors (Lipinski definition) is 3. The Morgan fingerprint density at radius 3 is 2.80 bits per heavy atom. The largest absolute Gasteiger partial charge is 0.491 e. The Balaban J connectivity index is 0.00000112. The van der Waals surface area contributed by atoms with Gasteiger partial charge in [-0.15, -0.1) is 12.4 Å². The van der Waals surface area contributed by atoms with Crippen molar-refractivity contribution in [2.75, 3.05) is 6.61 Å². The van der Waals surface area contributed by atoms with E-state index >= 15 is 0 Å². The first-order valence-corrected chi connectivity index (χ1v) is 5.08. The van der Waals surface area contributed by atoms with E-state index in [4.69, 9.17) is 10.5 Å². The van der Waals surface area contributed by atoms with Crippen LogP contribution in [0.1, 0.15) is 24.1 Å². The molecule has 0 spiro atoms. The molecule has 4 heteroatoms. The van der Waals surface area contributed by atoms with Gasteiger partial charge in [-0.05, 0) is 37.3 Å². The molecule has 2 rings (SSSR count). The van der Waals surface area contributed by atoms with E-state index in [1.165, 1.54) is 12.8 Å². The number of ether oxygens (including phenoxy) is 1. The SMILES string of the molecule is Cc1cc(CN)ncc1OCC1CC1.Cl. The monoisotopic (exact) mass is 228 g/mol. The lowest BCUT2D eigenvalue weighted by Gasteiger charge is -2.08. The van der Waals surface area contributed by atoms with Crippen LogP contribution >= 0.6 is 12.4 Å². The molecule has 1 aromatic heterocycles. The summed E-state index contributed by atoms with van der Waals surface area (Å²) >= 11 is 0. The second-order valence-electron chi connectivity index (χ2n) is 3.90. The predicted molar refractivity (Wildman–Crippen MR) is 62.3 cm³/mol. The summed E-state index contributed by atoms with van der Waals surface area (Å²) in [6.07, 6.45) is 4.40. The molecule has 15 heavy (non-hydrogen) atoms. The van der Waals surface area contributed by atoms with Crippen LogP contribution in [-0.2, 0) is 6.54 Å². The summed E-state index contributed by atoms with van der Waals surface area (Å²) in [5.74, 6) is 1.68. The van der Waals surface area contributed by atoms with Crippen LogP contribution < -0.4 is 10.5 Å². The number of aromatic nitrogens is 1. The highest BCUT2D eigenvalue weighted by molar-refractivity contribution is 5.85. The van der Waals surface area contributed by atoms with E-state index in [1.54, 1.807) is 6.20 Å². The van der Waals surface area contributed by atoms with Crippen molar-refractivity contribution in [1.29, 1.82) is 0 Å². The molecule has 0 saturated heterocycles. The fourth-order valence-corrected chi connectivity index (χ4v) is 1.36. The van der Waals surface area contributed by atoms with Gasteiger partial charge in [-0.25, -0.2) is 0 Å². The van der Waals surface area contributed by atoms with Crippen molar-refractivity contribution in [3.63, 3.8) is 0 Å². The Kier molecular flexibility index (Phi) is 4.36. The van der Waals surface area contributed by atoms with Crippen LogP contribution in [0.15, 0.2) is 12.3 Å². The lowest BCUT2D eigenvalue weighted by Crippen LogP contribution is -2.04. The molecular weight excluding hydrogens is 212 g/mol. The first-order chi connectivity index (χ1) is 6.79. The van der Waals surface area contributed by atoms with Gasteiger partial charge < -0.3 is 10.5 Å². The van der Waals surface area contributed by atoms with E-state index in [-0.39, 0.29) is 12.4 Å². The van der Waals surface area contributed by atoms with Crippen LogP contribution in [0.4, 0.5) is 0 Å². The maximum atomic E-state index is 5.66. The van der Waals surface area contributed by atoms with E-state index in [2.05, 4.69) is 4.98 Å². The Labute approximate surface area is 96.4 Å². The fourth-order valence-electron chi connectivity index (χ4n) is 1.36. The molecule has 1 aliphatic carbocycles. The third-order valence-corrected chi connectivity index (χ3v) is 2.50. The van der Waals surface area contributed by atoms with E-state index in [1.807, 2.05) is 13.0 Å². The Morgan fingerprint density at radius 1 is 1.53 bits per heavy atom. The first kappa shape index (κ1) is 12.3. The van der Waals surface area contributed by atoms with Crippen LogP contribution in [0, 0.1) is 12.8 Å². The molecule has 0 aliphatic heterocycles. The number of hydrogen-bond donors (Lipinski definition) is 1. The van der Waals surface area contributed by atoms with Crippen molar-refractivity contribution in [3.8, 4) is 5.75 Å². The number of aryl methyl sites for hydroxylation is 1. The van der Waals surface area contributed by atoms with Gasteiger partial charge in [0.05, 0.1) is 18.5 Å². The Morgan fingerprint density at radius 2 is 2.27 bits per heavy atom. The van der Waals surface area contributed by atoms with Gasteiger partial charge in [0.25, 0.3) is 0 Å². The van der Waals surface area contributed by atoms with Crippen molar-refractivity contribution in [3.05, 3.63) is 23.5 Å². The van der Waals surface area contributed by atoms with Gasteiger partial charge in [0.2, 0.25) is 0 Å². The topological polar surface area (TPSA) is 48.1 Å². The molecule has 84 valence electrons. The summed E-state index contributed by atoms with van der Waals surface area (Å²) in [5.41, 5.74) is 7.54. The van der Waals surface area contributed by atoms with Crippen molar-refractivity contribution in [2.45, 2.75) is 26.3 Å². The average Bonchev–Trinajstić information content (AvgIpc) is 2.99. The minimum Gasteiger partial charge on any atom is -0.491 e. The zero-order valence-electron chi connectivity index (χ0n) is 8.90. The lowest BCUT2D eigenvalue weighted by molar-refractivity contribution is 0.296. The molecule has 0 aromatic carbocycles. The van der Waals surface area contributed by atoms with Crippen LogP contribution in [0.25, 0.3) is 0 Å². The molecule has 0 atom stereocenters. The standard InChI is InChI=1S/C11H16N2O.ClH/c1-8-4-10(5-12)13-6-11(8)14-7-9-2-3-9;/h4,6,9H,2-3,5,7,12H2,1H3;1H. The summed E-state index contributed by atoms with van der Waals surface area (Å²) in [6.45, 7) is 3.36. The highest BCUT2D eigenvalue weighted by atomic mass is 35.5. The number of nitrogens with two attached hydrogens (primary N) is 1. The minimum absolute atomic E-state index is 0. The summed E-state index contributed by atoms with van der Waals surface area (Å²) in [7, 11) is 0. The Bertz CT molecular complexity index is 326. The van der Waals surface area contributed by atoms with Crippen molar-refractivity contribution in [1.82, 2.24) is 4.98 Å². The van der Waals surface area contributed by atoms with Crippen LogP contribution in [0.5, 0.6) is 5.75 Å². The molecule has 2 N–H and O–H groups in total. The molecule has 1 aliphatic rings. The van der Waals surface area contributed by atoms with Crippen LogP contribution in [-0.4, -0.2) is 11.6 Å². The summed E-state index contributed by atoms with van der Waals surface area (Å²) in [4.78, 5) is 4.21. The number of halogens is 1. The van der Waals surface area contributed by atoms with Gasteiger partial charge in [0, 0.05) is 6.54 Å². The van der Waals surface area contributed by atoms with E-state index in [9.17, 15) is 0 Å². The molecule has 1 heterocycles. The Hall–Kier alpha value is -0.800. The molecule has 1 fully saturated rings. The third kappa shape index (κ3) is 3.36. The summed E-state index contributed by atoms with van der Waals surface area (Å²) < 4.78 is 5.66. The molecule has 0 unspecified atom stereocenters. The highest BCUT2D eigenvalue weighted by Gasteiger charge is 2.22. The number of pyridine rings is 1. The first-order valence-electron chi connectivity index (χ1n) is 5.08. The van der Waals surface area contributed by atoms with Gasteiger partial charge in [-0.1, -0.05) is 0 Å². The molecule has 1 aromatic rings. The van der Waals surface area contributed by atoms with E-state index < -0.39 is 0 Å². The van der Waals surface area contributed by atoms with Gasteiger partial charge in [-0.2, -0.15) is 0 Å². The van der Waals surface area contributed by atoms with Crippen molar-refractivity contribution < 1.29 is 4.74 Å². The maximum Gasteiger partial charge on any atom is 0.140 e. The highest BCUT2D eigenvalue weighted by Crippen LogP contribution is 2.30. The summed E-state index contributed by atoms with van der Waals surface area (Å²) in [6, 6.07) is 1.99. The molecule has 1 saturated carbocycles. The van der Waals surface area contributed by atoms with Crippen LogP contribution in [0.3, 0.4) is 0 Å². The number of nitrogens with zero attached hydrogens (tertiary/aromatic N) is 1. The third-order valence-electron chi connectivity index (χ3n) is 2.50. The predicted octanol–water partition coefficient (Wildman–Crippen LogP) is 2.06. The normalized spacial score (nSPS) is 14.5. The quantitative estimate of drug-likeness (QED) is 0.858. The second kappa shape index (κ2) is 5.33. The lowest BCUT2D eigenvalue weighted by atomic mass is 10.2. The van der Waals surface area contributed by atoms with E-state index in [0.29, 0.717) is 6.54 Å². The van der Waals surface area contributed by atoms with E-state index in [0.717, 1.165) is 29.5 Å². The average molecular weight is 229 g/mol. The van der Waals surface area contributed by atoms with Crippen molar-refractivity contribution in [2.24, 2.45) is 11.7 Å². The fraction of sp³-hybridized carbons (Fsp3) is 0.545. The van der Waals surface area contributed by atoms with Gasteiger partial charge >= 0.3 is 0 Å². The summed E-state index contributed by atoms with van der Waals surface area (Å²) in [5, 5.41) is 0. The van der Waals surface area contributed by atoms with Gasteiger partial charge in [0.1, 0.15) is 5.75 Å². The zero-order chi connectivity index (χ0) is 9.97. The zero-order valence-corrected chi connectivity index (χ0v) is 9.72. The molecule has 0 amide bonds. The van der Waals surface area contributed by atoms with Crippen LogP contribution in [0.2, 0.25) is 0 Å². The van der Waals surface area contributed by atoms with Gasteiger partial charge in [-0.3, -0.25) is 4.98 Å². The molecule has 0 radical (unpaired) electrons. The minimum atomic E-state index is 0. The maximum absolute atomic E-state index is 5.66. The smallest absolute Gasteiger partial charge is 0.140 e. The molecular formula is C11H17ClN2O. The van der Waals surface area contributed by atoms with Gasteiger partial charge in [0.15, 0.2) is 0 Å². The number of rotatable bonds is 4. The molecule has 3 nitrogen and oxygen atoms in total. The molecule has 0 bridgehead atoms.